The Balaban J connectivity index is 2.36. The van der Waals surface area contributed by atoms with Crippen LogP contribution in [0.5, 0.6) is 0 Å². The second kappa shape index (κ2) is 6.85. The van der Waals surface area contributed by atoms with E-state index in [2.05, 4.69) is 51.8 Å². The van der Waals surface area contributed by atoms with Crippen molar-refractivity contribution in [2.75, 3.05) is 0 Å². The van der Waals surface area contributed by atoms with Gasteiger partial charge in [0, 0.05) is 16.9 Å². The Hall–Kier alpha value is -2.38. The second-order valence-corrected chi connectivity index (χ2v) is 7.59. The molecule has 0 spiro atoms. The number of benzene rings is 1. The van der Waals surface area contributed by atoms with Crippen molar-refractivity contribution in [1.82, 2.24) is 9.55 Å². The number of nitrogens with zero attached hydrogens (tertiary/aromatic N) is 2. The summed E-state index contributed by atoms with van der Waals surface area (Å²) in [6, 6.07) is 6.34. The van der Waals surface area contributed by atoms with Crippen LogP contribution in [0.1, 0.15) is 35.2 Å². The summed E-state index contributed by atoms with van der Waals surface area (Å²) in [6.45, 7) is 8.59. The van der Waals surface area contributed by atoms with E-state index in [9.17, 15) is 4.79 Å². The minimum Gasteiger partial charge on any atom is -0.284 e. The van der Waals surface area contributed by atoms with Gasteiger partial charge in [0.2, 0.25) is 0 Å². The van der Waals surface area contributed by atoms with E-state index in [1.807, 2.05) is 0 Å². The molecule has 0 fully saturated rings. The molecule has 0 saturated heterocycles. The molecule has 1 aromatic carbocycles. The summed E-state index contributed by atoms with van der Waals surface area (Å²) in [6.07, 6.45) is 7.17. The predicted molar refractivity (Wildman–Crippen MR) is 106 cm³/mol. The van der Waals surface area contributed by atoms with Gasteiger partial charge in [-0.25, -0.2) is 4.98 Å². The highest BCUT2D eigenvalue weighted by molar-refractivity contribution is 7.19. The molecule has 0 aliphatic heterocycles. The zero-order valence-electron chi connectivity index (χ0n) is 15.1. The molecule has 0 aliphatic rings. The molecule has 0 saturated carbocycles. The number of thiophene rings is 1. The number of aryl methyl sites for hydroxylation is 4. The van der Waals surface area contributed by atoms with Crippen molar-refractivity contribution in [3.8, 4) is 23.5 Å². The summed E-state index contributed by atoms with van der Waals surface area (Å²) in [4.78, 5) is 19.9. The molecule has 2 aromatic heterocycles. The normalized spacial score (nSPS) is 11.0. The lowest BCUT2D eigenvalue weighted by Gasteiger charge is -2.10. The van der Waals surface area contributed by atoms with E-state index in [0.717, 1.165) is 39.5 Å². The van der Waals surface area contributed by atoms with Gasteiger partial charge in [-0.2, -0.15) is 0 Å². The Bertz CT molecular complexity index is 1050. The summed E-state index contributed by atoms with van der Waals surface area (Å²) >= 11 is 1.59. The maximum absolute atomic E-state index is 13.2. The molecule has 4 heteroatoms. The number of aromatic nitrogens is 2. The highest BCUT2D eigenvalue weighted by Gasteiger charge is 2.19. The molecule has 3 aromatic rings. The zero-order chi connectivity index (χ0) is 18.1. The van der Waals surface area contributed by atoms with Crippen LogP contribution in [0, 0.1) is 33.1 Å². The van der Waals surface area contributed by atoms with Crippen LogP contribution in [0.25, 0.3) is 21.3 Å². The lowest BCUT2D eigenvalue weighted by molar-refractivity contribution is 0.686. The first kappa shape index (κ1) is 17.4. The Morgan fingerprint density at radius 1 is 1.24 bits per heavy atom. The van der Waals surface area contributed by atoms with Crippen LogP contribution >= 0.6 is 11.3 Å². The van der Waals surface area contributed by atoms with Crippen molar-refractivity contribution in [1.29, 1.82) is 0 Å². The van der Waals surface area contributed by atoms with E-state index < -0.39 is 0 Å². The van der Waals surface area contributed by atoms with Crippen molar-refractivity contribution in [2.45, 2.75) is 47.1 Å². The van der Waals surface area contributed by atoms with Gasteiger partial charge in [-0.05, 0) is 43.9 Å². The smallest absolute Gasteiger partial charge is 0.263 e. The highest BCUT2D eigenvalue weighted by atomic mass is 32.1. The van der Waals surface area contributed by atoms with Gasteiger partial charge in [0.25, 0.3) is 5.56 Å². The van der Waals surface area contributed by atoms with Gasteiger partial charge in [0.1, 0.15) is 10.7 Å². The Morgan fingerprint density at radius 3 is 2.64 bits per heavy atom. The minimum absolute atomic E-state index is 0.0241. The van der Waals surface area contributed by atoms with E-state index in [4.69, 9.17) is 11.4 Å². The van der Waals surface area contributed by atoms with Gasteiger partial charge in [-0.15, -0.1) is 17.8 Å². The molecular weight excluding hydrogens is 328 g/mol. The molecule has 3 rings (SSSR count). The lowest BCUT2D eigenvalue weighted by Crippen LogP contribution is -2.24. The lowest BCUT2D eigenvalue weighted by atomic mass is 9.99. The topological polar surface area (TPSA) is 34.9 Å². The van der Waals surface area contributed by atoms with Gasteiger partial charge in [-0.1, -0.05) is 31.0 Å². The Labute approximate surface area is 152 Å². The van der Waals surface area contributed by atoms with Crippen molar-refractivity contribution in [3.05, 3.63) is 50.4 Å². The molecule has 0 atom stereocenters. The molecule has 128 valence electrons. The molecule has 0 N–H and O–H groups in total. The maximum Gasteiger partial charge on any atom is 0.263 e. The van der Waals surface area contributed by atoms with E-state index in [-0.39, 0.29) is 12.1 Å². The van der Waals surface area contributed by atoms with Gasteiger partial charge < -0.3 is 0 Å². The van der Waals surface area contributed by atoms with Crippen LogP contribution in [0.3, 0.4) is 0 Å². The quantitative estimate of drug-likeness (QED) is 0.643. The molecule has 2 heterocycles. The highest BCUT2D eigenvalue weighted by Crippen LogP contribution is 2.36. The summed E-state index contributed by atoms with van der Waals surface area (Å²) in [5.74, 6) is 3.38. The fourth-order valence-electron chi connectivity index (χ4n) is 3.15. The first-order valence-corrected chi connectivity index (χ1v) is 9.33. The van der Waals surface area contributed by atoms with Crippen molar-refractivity contribution < 1.29 is 0 Å². The van der Waals surface area contributed by atoms with E-state index in [1.165, 1.54) is 11.1 Å². The van der Waals surface area contributed by atoms with E-state index in [0.29, 0.717) is 5.39 Å². The summed E-state index contributed by atoms with van der Waals surface area (Å²) < 4.78 is 1.66. The van der Waals surface area contributed by atoms with Gasteiger partial charge in [-0.3, -0.25) is 9.36 Å². The van der Waals surface area contributed by atoms with Gasteiger partial charge in [0.15, 0.2) is 0 Å². The summed E-state index contributed by atoms with van der Waals surface area (Å²) in [7, 11) is 0. The molecule has 0 amide bonds. The molecule has 25 heavy (non-hydrogen) atoms. The molecule has 0 aliphatic carbocycles. The number of rotatable bonds is 4. The Morgan fingerprint density at radius 2 is 2.00 bits per heavy atom. The third-order valence-electron chi connectivity index (χ3n) is 4.59. The maximum atomic E-state index is 13.2. The van der Waals surface area contributed by atoms with Crippen LogP contribution in [0.4, 0.5) is 0 Å². The minimum atomic E-state index is -0.0241. The standard InChI is InChI=1S/C21H22N2OS/c1-6-8-17-22-20-19(21(24)23(17)11-7-2)18(15(5)25-20)16-10-9-13(3)14(4)12-16/h2,9-10,12H,6,8,11H2,1,3-5H3. The second-order valence-electron chi connectivity index (χ2n) is 6.39. The number of hydrogen-bond acceptors (Lipinski definition) is 3. The third-order valence-corrected chi connectivity index (χ3v) is 5.58. The fraction of sp³-hybridized carbons (Fsp3) is 0.333. The zero-order valence-corrected chi connectivity index (χ0v) is 16.0. The predicted octanol–water partition coefficient (Wildman–Crippen LogP) is 4.64. The van der Waals surface area contributed by atoms with Crippen molar-refractivity contribution in [2.24, 2.45) is 0 Å². The Kier molecular flexibility index (Phi) is 4.78. The average Bonchev–Trinajstić information content (AvgIpc) is 2.90. The van der Waals surface area contributed by atoms with E-state index >= 15 is 0 Å². The SMILES string of the molecule is C#CCn1c(CCC)nc2sc(C)c(-c3ccc(C)c(C)c3)c2c1=O. The first-order chi connectivity index (χ1) is 12.0. The molecule has 0 unspecified atom stereocenters. The van der Waals surface area contributed by atoms with Crippen LogP contribution in [-0.2, 0) is 13.0 Å². The number of hydrogen-bond donors (Lipinski definition) is 0. The fourth-order valence-corrected chi connectivity index (χ4v) is 4.20. The number of terminal acetylenes is 1. The first-order valence-electron chi connectivity index (χ1n) is 8.51. The van der Waals surface area contributed by atoms with Crippen molar-refractivity contribution in [3.63, 3.8) is 0 Å². The largest absolute Gasteiger partial charge is 0.284 e. The van der Waals surface area contributed by atoms with Crippen LogP contribution in [0.2, 0.25) is 0 Å². The van der Waals surface area contributed by atoms with Gasteiger partial charge in [0.05, 0.1) is 11.9 Å². The van der Waals surface area contributed by atoms with E-state index in [1.54, 1.807) is 15.9 Å². The third kappa shape index (κ3) is 3.01. The molecule has 0 radical (unpaired) electrons. The average molecular weight is 350 g/mol. The monoisotopic (exact) mass is 350 g/mol. The van der Waals surface area contributed by atoms with Crippen LogP contribution < -0.4 is 5.56 Å². The van der Waals surface area contributed by atoms with Crippen LogP contribution in [0.15, 0.2) is 23.0 Å². The van der Waals surface area contributed by atoms with Crippen molar-refractivity contribution >= 4 is 21.6 Å². The summed E-state index contributed by atoms with van der Waals surface area (Å²) in [5, 5.41) is 0.695. The molecule has 3 nitrogen and oxygen atoms in total. The van der Waals surface area contributed by atoms with Gasteiger partial charge >= 0.3 is 0 Å². The molecule has 0 bridgehead atoms. The number of fused-ring (bicyclic) bond motifs is 1. The van der Waals surface area contributed by atoms with Crippen LogP contribution in [-0.4, -0.2) is 9.55 Å². The summed E-state index contributed by atoms with van der Waals surface area (Å²) in [5.41, 5.74) is 4.50. The molecular formula is C21H22N2OS.